The monoisotopic (exact) mass is 196 g/mol. The van der Waals surface area contributed by atoms with Crippen molar-refractivity contribution in [2.75, 3.05) is 6.79 Å². The lowest BCUT2D eigenvalue weighted by molar-refractivity contribution is 0.170. The zero-order valence-corrected chi connectivity index (χ0v) is 7.86. The fourth-order valence-electron chi connectivity index (χ4n) is 1.54. The van der Waals surface area contributed by atoms with Gasteiger partial charge in [0.15, 0.2) is 11.5 Å². The summed E-state index contributed by atoms with van der Waals surface area (Å²) < 4.78 is 10.4. The molecule has 4 nitrogen and oxygen atoms in total. The summed E-state index contributed by atoms with van der Waals surface area (Å²) in [5.74, 6) is 1.30. The number of rotatable bonds is 2. The van der Waals surface area contributed by atoms with Crippen molar-refractivity contribution >= 4 is 0 Å². The summed E-state index contributed by atoms with van der Waals surface area (Å²) in [4.78, 5) is 0. The van der Waals surface area contributed by atoms with Crippen LogP contribution in [0.1, 0.15) is 12.5 Å². The third kappa shape index (κ3) is 1.61. The first kappa shape index (κ1) is 9.15. The van der Waals surface area contributed by atoms with Crippen molar-refractivity contribution in [3.05, 3.63) is 17.7 Å². The topological polar surface area (TPSA) is 58.9 Å². The standard InChI is InChI=1S/C10H12O4/c1-6(11)2-7-3-8(12)4-9-10(7)14-5-13-9/h3-4,6,11-12H,2,5H2,1H3. The van der Waals surface area contributed by atoms with Crippen LogP contribution in [0.4, 0.5) is 0 Å². The number of aliphatic hydroxyl groups excluding tert-OH is 1. The van der Waals surface area contributed by atoms with Gasteiger partial charge in [-0.25, -0.2) is 0 Å². The van der Waals surface area contributed by atoms with Gasteiger partial charge in [0.05, 0.1) is 6.10 Å². The average molecular weight is 196 g/mol. The Bertz CT molecular complexity index is 346. The SMILES string of the molecule is CC(O)Cc1cc(O)cc2c1OCO2. The molecule has 0 spiro atoms. The molecule has 0 aromatic heterocycles. The van der Waals surface area contributed by atoms with Gasteiger partial charge >= 0.3 is 0 Å². The smallest absolute Gasteiger partial charge is 0.231 e. The molecule has 0 aliphatic carbocycles. The number of benzene rings is 1. The number of fused-ring (bicyclic) bond motifs is 1. The van der Waals surface area contributed by atoms with E-state index in [9.17, 15) is 10.2 Å². The largest absolute Gasteiger partial charge is 0.508 e. The van der Waals surface area contributed by atoms with Crippen molar-refractivity contribution in [1.82, 2.24) is 0 Å². The first-order valence-corrected chi connectivity index (χ1v) is 4.46. The Morgan fingerprint density at radius 3 is 2.93 bits per heavy atom. The van der Waals surface area contributed by atoms with E-state index in [-0.39, 0.29) is 12.5 Å². The Morgan fingerprint density at radius 2 is 2.21 bits per heavy atom. The number of aromatic hydroxyl groups is 1. The van der Waals surface area contributed by atoms with E-state index >= 15 is 0 Å². The van der Waals surface area contributed by atoms with E-state index in [1.165, 1.54) is 6.07 Å². The Balaban J connectivity index is 2.38. The lowest BCUT2D eigenvalue weighted by atomic mass is 10.1. The van der Waals surface area contributed by atoms with Crippen LogP contribution in [0.2, 0.25) is 0 Å². The summed E-state index contributed by atoms with van der Waals surface area (Å²) in [6.45, 7) is 1.86. The highest BCUT2D eigenvalue weighted by molar-refractivity contribution is 5.52. The van der Waals surface area contributed by atoms with E-state index < -0.39 is 6.10 Å². The van der Waals surface area contributed by atoms with Crippen LogP contribution in [0.25, 0.3) is 0 Å². The molecule has 0 saturated carbocycles. The summed E-state index contributed by atoms with van der Waals surface area (Å²) in [6, 6.07) is 3.09. The maximum absolute atomic E-state index is 9.37. The molecular formula is C10H12O4. The molecule has 2 rings (SSSR count). The fraction of sp³-hybridized carbons (Fsp3) is 0.400. The highest BCUT2D eigenvalue weighted by Crippen LogP contribution is 2.39. The molecule has 76 valence electrons. The lowest BCUT2D eigenvalue weighted by Gasteiger charge is -2.08. The molecule has 1 unspecified atom stereocenters. The second-order valence-corrected chi connectivity index (χ2v) is 3.39. The van der Waals surface area contributed by atoms with Gasteiger partial charge < -0.3 is 19.7 Å². The van der Waals surface area contributed by atoms with Crippen LogP contribution in [-0.2, 0) is 6.42 Å². The molecule has 4 heteroatoms. The summed E-state index contributed by atoms with van der Waals surface area (Å²) in [5, 5.41) is 18.6. The van der Waals surface area contributed by atoms with Gasteiger partial charge in [-0.15, -0.1) is 0 Å². The summed E-state index contributed by atoms with van der Waals surface area (Å²) >= 11 is 0. The first-order valence-electron chi connectivity index (χ1n) is 4.46. The van der Waals surface area contributed by atoms with Crippen LogP contribution >= 0.6 is 0 Å². The molecule has 1 atom stereocenters. The second kappa shape index (κ2) is 3.38. The van der Waals surface area contributed by atoms with E-state index in [0.29, 0.717) is 17.9 Å². The minimum absolute atomic E-state index is 0.130. The van der Waals surface area contributed by atoms with E-state index in [0.717, 1.165) is 5.56 Å². The highest BCUT2D eigenvalue weighted by atomic mass is 16.7. The number of ether oxygens (including phenoxy) is 2. The van der Waals surface area contributed by atoms with Gasteiger partial charge in [-0.2, -0.15) is 0 Å². The predicted molar refractivity (Wildman–Crippen MR) is 49.6 cm³/mol. The molecule has 0 bridgehead atoms. The minimum Gasteiger partial charge on any atom is -0.508 e. The van der Waals surface area contributed by atoms with Crippen LogP contribution < -0.4 is 9.47 Å². The summed E-state index contributed by atoms with van der Waals surface area (Å²) in [7, 11) is 0. The van der Waals surface area contributed by atoms with Crippen molar-refractivity contribution in [1.29, 1.82) is 0 Å². The summed E-state index contributed by atoms with van der Waals surface area (Å²) in [6.07, 6.45) is -0.0230. The van der Waals surface area contributed by atoms with Crippen LogP contribution in [0.5, 0.6) is 17.2 Å². The maximum atomic E-state index is 9.37. The molecule has 1 heterocycles. The molecule has 0 radical (unpaired) electrons. The molecule has 14 heavy (non-hydrogen) atoms. The Labute approximate surface area is 81.7 Å². The number of hydrogen-bond donors (Lipinski definition) is 2. The van der Waals surface area contributed by atoms with Gasteiger partial charge in [0, 0.05) is 18.1 Å². The molecule has 2 N–H and O–H groups in total. The lowest BCUT2D eigenvalue weighted by Crippen LogP contribution is -2.05. The van der Waals surface area contributed by atoms with Crippen molar-refractivity contribution in [3.63, 3.8) is 0 Å². The van der Waals surface area contributed by atoms with Crippen molar-refractivity contribution in [2.45, 2.75) is 19.4 Å². The molecule has 0 saturated heterocycles. The van der Waals surface area contributed by atoms with E-state index in [1.54, 1.807) is 13.0 Å². The fourth-order valence-corrected chi connectivity index (χ4v) is 1.54. The van der Waals surface area contributed by atoms with Gasteiger partial charge in [-0.1, -0.05) is 0 Å². The summed E-state index contributed by atoms with van der Waals surface area (Å²) in [5.41, 5.74) is 0.771. The van der Waals surface area contributed by atoms with Gasteiger partial charge in [0.25, 0.3) is 0 Å². The van der Waals surface area contributed by atoms with Crippen LogP contribution in [-0.4, -0.2) is 23.1 Å². The van der Waals surface area contributed by atoms with E-state index in [4.69, 9.17) is 9.47 Å². The molecule has 1 aromatic carbocycles. The third-order valence-corrected chi connectivity index (χ3v) is 2.05. The third-order valence-electron chi connectivity index (χ3n) is 2.05. The maximum Gasteiger partial charge on any atom is 0.231 e. The number of hydrogen-bond acceptors (Lipinski definition) is 4. The molecule has 1 aliphatic heterocycles. The molecule has 1 aliphatic rings. The van der Waals surface area contributed by atoms with Gasteiger partial charge in [0.1, 0.15) is 5.75 Å². The van der Waals surface area contributed by atoms with Gasteiger partial charge in [0.2, 0.25) is 6.79 Å². The average Bonchev–Trinajstić information content (AvgIpc) is 2.50. The predicted octanol–water partition coefficient (Wildman–Crippen LogP) is 1.04. The second-order valence-electron chi connectivity index (χ2n) is 3.39. The normalized spacial score (nSPS) is 15.6. The van der Waals surface area contributed by atoms with Crippen molar-refractivity contribution < 1.29 is 19.7 Å². The highest BCUT2D eigenvalue weighted by Gasteiger charge is 2.19. The van der Waals surface area contributed by atoms with Crippen LogP contribution in [0.15, 0.2) is 12.1 Å². The van der Waals surface area contributed by atoms with E-state index in [2.05, 4.69) is 0 Å². The van der Waals surface area contributed by atoms with Gasteiger partial charge in [-0.05, 0) is 13.0 Å². The molecular weight excluding hydrogens is 184 g/mol. The van der Waals surface area contributed by atoms with Crippen molar-refractivity contribution in [3.8, 4) is 17.2 Å². The number of phenolic OH excluding ortho intramolecular Hbond substituents is 1. The Kier molecular flexibility index (Phi) is 2.21. The molecule has 0 fully saturated rings. The van der Waals surface area contributed by atoms with Crippen molar-refractivity contribution in [2.24, 2.45) is 0 Å². The van der Waals surface area contributed by atoms with Crippen LogP contribution in [0, 0.1) is 0 Å². The zero-order chi connectivity index (χ0) is 10.1. The zero-order valence-electron chi connectivity index (χ0n) is 7.86. The van der Waals surface area contributed by atoms with Crippen LogP contribution in [0.3, 0.4) is 0 Å². The Hall–Kier alpha value is -1.42. The van der Waals surface area contributed by atoms with Gasteiger partial charge in [-0.3, -0.25) is 0 Å². The molecule has 1 aromatic rings. The van der Waals surface area contributed by atoms with E-state index in [1.807, 2.05) is 0 Å². The minimum atomic E-state index is -0.468. The first-order chi connectivity index (χ1) is 6.66. The number of phenols is 1. The number of aliphatic hydroxyl groups is 1. The molecule has 0 amide bonds. The Morgan fingerprint density at radius 1 is 1.43 bits per heavy atom. The quantitative estimate of drug-likeness (QED) is 0.742.